The van der Waals surface area contributed by atoms with Gasteiger partial charge in [0, 0.05) is 18.9 Å². The van der Waals surface area contributed by atoms with E-state index >= 15 is 0 Å². The molecule has 2 N–H and O–H groups in total. The molecule has 0 atom stereocenters. The summed E-state index contributed by atoms with van der Waals surface area (Å²) in [6.07, 6.45) is 1.20. The van der Waals surface area contributed by atoms with Crippen LogP contribution in [0.2, 0.25) is 0 Å². The first kappa shape index (κ1) is 11.8. The van der Waals surface area contributed by atoms with Gasteiger partial charge in [-0.3, -0.25) is 4.79 Å². The summed E-state index contributed by atoms with van der Waals surface area (Å²) in [7, 11) is 1.65. The second-order valence-electron chi connectivity index (χ2n) is 3.44. The van der Waals surface area contributed by atoms with Crippen LogP contribution >= 0.6 is 11.8 Å². The summed E-state index contributed by atoms with van der Waals surface area (Å²) < 4.78 is 4.87. The summed E-state index contributed by atoms with van der Waals surface area (Å²) in [4.78, 5) is 11.3. The number of hydrogen-bond acceptors (Lipinski definition) is 4. The first-order valence-electron chi connectivity index (χ1n) is 4.76. The van der Waals surface area contributed by atoms with Gasteiger partial charge in [0.1, 0.15) is 0 Å². The molecule has 0 unspecified atom stereocenters. The molecule has 82 valence electrons. The molecule has 1 saturated carbocycles. The van der Waals surface area contributed by atoms with Crippen LogP contribution in [0.1, 0.15) is 12.8 Å². The molecule has 1 aliphatic carbocycles. The van der Waals surface area contributed by atoms with Gasteiger partial charge in [0.05, 0.1) is 18.5 Å². The second-order valence-corrected chi connectivity index (χ2v) is 4.54. The summed E-state index contributed by atoms with van der Waals surface area (Å²) >= 11 is 1.56. The van der Waals surface area contributed by atoms with Gasteiger partial charge in [0.15, 0.2) is 0 Å². The molecular weight excluding hydrogens is 202 g/mol. The van der Waals surface area contributed by atoms with Crippen molar-refractivity contribution in [3.63, 3.8) is 0 Å². The second kappa shape index (κ2) is 6.27. The van der Waals surface area contributed by atoms with E-state index in [9.17, 15) is 4.79 Å². The third-order valence-corrected chi connectivity index (χ3v) is 3.06. The van der Waals surface area contributed by atoms with Crippen LogP contribution in [0.25, 0.3) is 0 Å². The molecule has 14 heavy (non-hydrogen) atoms. The topological polar surface area (TPSA) is 58.6 Å². The van der Waals surface area contributed by atoms with Gasteiger partial charge in [-0.25, -0.2) is 0 Å². The molecule has 1 aliphatic rings. The number of methoxy groups -OCH3 is 1. The quantitative estimate of drug-likeness (QED) is 0.618. The fourth-order valence-corrected chi connectivity index (χ4v) is 1.98. The number of ether oxygens (including phenoxy) is 1. The van der Waals surface area contributed by atoms with Crippen LogP contribution in [0.4, 0.5) is 0 Å². The molecule has 1 fully saturated rings. The van der Waals surface area contributed by atoms with Gasteiger partial charge in [0.2, 0.25) is 5.91 Å². The van der Waals surface area contributed by atoms with Gasteiger partial charge in [-0.2, -0.15) is 0 Å². The Morgan fingerprint density at radius 1 is 1.64 bits per heavy atom. The zero-order chi connectivity index (χ0) is 10.4. The number of aliphatic hydroxyl groups is 1. The minimum atomic E-state index is -0.207. The summed E-state index contributed by atoms with van der Waals surface area (Å²) in [5.74, 6) is 1.38. The summed E-state index contributed by atoms with van der Waals surface area (Å²) in [5, 5.41) is 11.9. The number of hydrogen-bond donors (Lipinski definition) is 2. The third kappa shape index (κ3) is 4.30. The Kier molecular flexibility index (Phi) is 5.29. The smallest absolute Gasteiger partial charge is 0.230 e. The molecule has 0 radical (unpaired) electrons. The maximum atomic E-state index is 11.3. The van der Waals surface area contributed by atoms with Crippen molar-refractivity contribution in [2.24, 2.45) is 0 Å². The molecule has 0 spiro atoms. The van der Waals surface area contributed by atoms with Crippen molar-refractivity contribution in [3.8, 4) is 0 Å². The van der Waals surface area contributed by atoms with Crippen molar-refractivity contribution in [1.29, 1.82) is 0 Å². The Labute approximate surface area is 88.4 Å². The molecule has 0 heterocycles. The average Bonchev–Trinajstić information content (AvgIpc) is 2.10. The van der Waals surface area contributed by atoms with Gasteiger partial charge < -0.3 is 15.2 Å². The molecule has 5 heteroatoms. The number of carbonyl (C=O) groups is 1. The van der Waals surface area contributed by atoms with E-state index in [2.05, 4.69) is 5.32 Å². The molecular formula is C9H17NO3S. The van der Waals surface area contributed by atoms with Gasteiger partial charge in [0.25, 0.3) is 0 Å². The molecule has 0 saturated heterocycles. The molecule has 1 rings (SSSR count). The Bertz CT molecular complexity index is 183. The molecule has 0 aromatic rings. The largest absolute Gasteiger partial charge is 0.393 e. The normalized spacial score (nSPS) is 25.6. The Balaban J connectivity index is 1.94. The van der Waals surface area contributed by atoms with Crippen molar-refractivity contribution < 1.29 is 14.6 Å². The molecule has 0 aromatic carbocycles. The lowest BCUT2D eigenvalue weighted by Gasteiger charge is -2.31. The van der Waals surface area contributed by atoms with Crippen molar-refractivity contribution in [3.05, 3.63) is 0 Å². The predicted molar refractivity (Wildman–Crippen MR) is 56.4 cm³/mol. The summed E-state index contributed by atoms with van der Waals surface area (Å²) in [5.41, 5.74) is 0. The highest BCUT2D eigenvalue weighted by atomic mass is 32.2. The van der Waals surface area contributed by atoms with Gasteiger partial charge in [-0.15, -0.1) is 11.8 Å². The zero-order valence-electron chi connectivity index (χ0n) is 8.36. The highest BCUT2D eigenvalue weighted by Gasteiger charge is 2.27. The fourth-order valence-electron chi connectivity index (χ4n) is 1.28. The monoisotopic (exact) mass is 219 g/mol. The predicted octanol–water partition coefficient (Wildman–Crippen LogP) is 0.00550. The number of carbonyl (C=O) groups excluding carboxylic acids is 1. The zero-order valence-corrected chi connectivity index (χ0v) is 9.18. The van der Waals surface area contributed by atoms with Crippen molar-refractivity contribution in [1.82, 2.24) is 5.32 Å². The Hall–Kier alpha value is -0.260. The van der Waals surface area contributed by atoms with Crippen LogP contribution < -0.4 is 5.32 Å². The highest BCUT2D eigenvalue weighted by Crippen LogP contribution is 2.19. The molecule has 1 amide bonds. The van der Waals surface area contributed by atoms with Gasteiger partial charge in [-0.1, -0.05) is 0 Å². The van der Waals surface area contributed by atoms with Crippen LogP contribution in [0.3, 0.4) is 0 Å². The maximum absolute atomic E-state index is 11.3. The third-order valence-electron chi connectivity index (χ3n) is 2.14. The fraction of sp³-hybridized carbons (Fsp3) is 0.889. The van der Waals surface area contributed by atoms with E-state index in [1.54, 1.807) is 18.9 Å². The van der Waals surface area contributed by atoms with E-state index in [-0.39, 0.29) is 18.1 Å². The maximum Gasteiger partial charge on any atom is 0.230 e. The van der Waals surface area contributed by atoms with E-state index in [0.717, 1.165) is 5.75 Å². The van der Waals surface area contributed by atoms with Crippen molar-refractivity contribution in [2.45, 2.75) is 25.0 Å². The molecule has 0 bridgehead atoms. The van der Waals surface area contributed by atoms with E-state index in [4.69, 9.17) is 9.84 Å². The lowest BCUT2D eigenvalue weighted by molar-refractivity contribution is -0.120. The summed E-state index contributed by atoms with van der Waals surface area (Å²) in [6.45, 7) is 0.681. The Morgan fingerprint density at radius 3 is 2.93 bits per heavy atom. The number of rotatable bonds is 6. The highest BCUT2D eigenvalue weighted by molar-refractivity contribution is 7.99. The van der Waals surface area contributed by atoms with Crippen molar-refractivity contribution >= 4 is 17.7 Å². The van der Waals surface area contributed by atoms with Crippen LogP contribution in [0.15, 0.2) is 0 Å². The molecule has 0 aromatic heterocycles. The standard InChI is InChI=1S/C9H17NO3S/c1-13-2-3-14-6-9(12)10-7-4-8(11)5-7/h7-8,11H,2-6H2,1H3,(H,10,12). The van der Waals surface area contributed by atoms with E-state index in [1.165, 1.54) is 0 Å². The van der Waals surface area contributed by atoms with Crippen molar-refractivity contribution in [2.75, 3.05) is 25.2 Å². The number of nitrogens with one attached hydrogen (secondary N) is 1. The average molecular weight is 219 g/mol. The molecule has 4 nitrogen and oxygen atoms in total. The number of thioether (sulfide) groups is 1. The first-order valence-corrected chi connectivity index (χ1v) is 5.92. The van der Waals surface area contributed by atoms with Crippen LogP contribution in [-0.2, 0) is 9.53 Å². The van der Waals surface area contributed by atoms with E-state index < -0.39 is 0 Å². The minimum Gasteiger partial charge on any atom is -0.393 e. The number of amides is 1. The van der Waals surface area contributed by atoms with E-state index in [1.807, 2.05) is 0 Å². The Morgan fingerprint density at radius 2 is 2.36 bits per heavy atom. The lowest BCUT2D eigenvalue weighted by atomic mass is 9.89. The minimum absolute atomic E-state index is 0.0583. The van der Waals surface area contributed by atoms with Gasteiger partial charge >= 0.3 is 0 Å². The SMILES string of the molecule is COCCSCC(=O)NC1CC(O)C1. The van der Waals surface area contributed by atoms with Gasteiger partial charge in [-0.05, 0) is 12.8 Å². The summed E-state index contributed by atoms with van der Waals surface area (Å²) in [6, 6.07) is 0.195. The van der Waals surface area contributed by atoms with Crippen LogP contribution in [0.5, 0.6) is 0 Å². The van der Waals surface area contributed by atoms with Crippen LogP contribution in [0, 0.1) is 0 Å². The van der Waals surface area contributed by atoms with Crippen LogP contribution in [-0.4, -0.2) is 48.4 Å². The lowest BCUT2D eigenvalue weighted by Crippen LogP contribution is -2.47. The first-order chi connectivity index (χ1) is 6.72. The molecule has 0 aliphatic heterocycles. The number of aliphatic hydroxyl groups excluding tert-OH is 1. The van der Waals surface area contributed by atoms with E-state index in [0.29, 0.717) is 25.2 Å².